The SMILES string of the molecule is CC(C)C(ON1C(C)(C)CCCC1(C)C)c1ccc(C(c2ccc(C(ON3C(C)(C)CCCC3(C)C)C(C)C)cc2)(c2ccc(C(ON3C(C)(C)CCCC3(C)C)C(C)C)cc2)c2ccc(C(ON3C(C)(C)CCCC3(C)C)C(C)C)cc2)cc1. The Labute approximate surface area is 519 Å². The first-order chi connectivity index (χ1) is 39.4. The zero-order chi connectivity index (χ0) is 62.7. The van der Waals surface area contributed by atoms with Gasteiger partial charge in [0.25, 0.3) is 0 Å². The van der Waals surface area contributed by atoms with Crippen LogP contribution in [0.4, 0.5) is 0 Å². The zero-order valence-electron chi connectivity index (χ0n) is 58.3. The topological polar surface area (TPSA) is 49.9 Å². The molecule has 4 fully saturated rings. The quantitative estimate of drug-likeness (QED) is 0.0812. The second-order valence-corrected chi connectivity index (χ2v) is 33.4. The van der Waals surface area contributed by atoms with Gasteiger partial charge in [-0.2, -0.15) is 20.3 Å². The normalized spacial score (nSPS) is 24.5. The highest BCUT2D eigenvalue weighted by molar-refractivity contribution is 5.61. The van der Waals surface area contributed by atoms with Crippen LogP contribution in [0.1, 0.15) is 312 Å². The van der Waals surface area contributed by atoms with Gasteiger partial charge in [-0.25, -0.2) is 0 Å². The molecular weight excluding hydrogens is 1040 g/mol. The monoisotopic (exact) mass is 1160 g/mol. The molecule has 4 aromatic carbocycles. The summed E-state index contributed by atoms with van der Waals surface area (Å²) < 4.78 is 0. The Morgan fingerprint density at radius 1 is 0.259 bits per heavy atom. The summed E-state index contributed by atoms with van der Waals surface area (Å²) in [6.45, 7) is 56.1. The molecule has 0 aromatic heterocycles. The summed E-state index contributed by atoms with van der Waals surface area (Å²) in [5.41, 5.74) is 8.05. The summed E-state index contributed by atoms with van der Waals surface area (Å²) in [4.78, 5) is 29.4. The van der Waals surface area contributed by atoms with Gasteiger partial charge in [-0.3, -0.25) is 19.4 Å². The summed E-state index contributed by atoms with van der Waals surface area (Å²) in [6, 6.07) is 38.3. The van der Waals surface area contributed by atoms with Crippen LogP contribution in [0.15, 0.2) is 97.1 Å². The molecule has 0 spiro atoms. The molecule has 0 aliphatic carbocycles. The van der Waals surface area contributed by atoms with Gasteiger partial charge in [-0.15, -0.1) is 0 Å². The van der Waals surface area contributed by atoms with E-state index >= 15 is 0 Å². The predicted octanol–water partition coefficient (Wildman–Crippen LogP) is 20.8. The average Bonchev–Trinajstić information content (AvgIpc) is 1.71. The van der Waals surface area contributed by atoms with Crippen molar-refractivity contribution in [2.45, 2.75) is 317 Å². The van der Waals surface area contributed by atoms with Gasteiger partial charge in [0, 0.05) is 44.3 Å². The molecule has 472 valence electrons. The van der Waals surface area contributed by atoms with Gasteiger partial charge >= 0.3 is 0 Å². The van der Waals surface area contributed by atoms with Crippen molar-refractivity contribution < 1.29 is 19.4 Å². The van der Waals surface area contributed by atoms with Gasteiger partial charge in [-0.05, 0) is 256 Å². The van der Waals surface area contributed by atoms with Crippen LogP contribution < -0.4 is 0 Å². The smallest absolute Gasteiger partial charge is 0.107 e. The van der Waals surface area contributed by atoms with E-state index in [9.17, 15) is 0 Å². The first-order valence-corrected chi connectivity index (χ1v) is 33.7. The lowest BCUT2D eigenvalue weighted by Gasteiger charge is -2.52. The summed E-state index contributed by atoms with van der Waals surface area (Å²) in [7, 11) is 0. The Bertz CT molecular complexity index is 2350. The van der Waals surface area contributed by atoms with E-state index in [1.54, 1.807) is 0 Å². The molecule has 4 unspecified atom stereocenters. The molecule has 4 aromatic rings. The van der Waals surface area contributed by atoms with E-state index in [-0.39, 0.29) is 92.4 Å². The number of nitrogens with zero attached hydrogens (tertiary/aromatic N) is 4. The fourth-order valence-electron chi connectivity index (χ4n) is 16.5. The molecule has 85 heavy (non-hydrogen) atoms. The van der Waals surface area contributed by atoms with Crippen LogP contribution in [0.3, 0.4) is 0 Å². The fraction of sp³-hybridized carbons (Fsp3) is 0.688. The highest BCUT2D eigenvalue weighted by Crippen LogP contribution is 2.51. The maximum atomic E-state index is 7.34. The molecule has 0 radical (unpaired) electrons. The number of hydrogen-bond donors (Lipinski definition) is 0. The Morgan fingerprint density at radius 3 is 0.529 bits per heavy atom. The van der Waals surface area contributed by atoms with Crippen molar-refractivity contribution in [2.75, 3.05) is 0 Å². The standard InChI is InChI=1S/C77H120N4O4/c1-53(2)65(82-78-69(9,10)45-25-46-70(78,11)12)57-29-37-61(38-30-57)77(62-39-31-58(32-40-62)66(54(3)4)83-79-71(13,14)47-26-48-72(79,15)16,63-41-33-59(34-42-63)67(55(5)6)84-80-73(17,18)49-27-50-74(80,19)20)64-43-35-60(36-44-64)68(56(7)8)85-81-75(21,22)51-28-52-76(81,23)24/h29-44,53-56,65-68H,25-28,45-52H2,1-24H3. The van der Waals surface area contributed by atoms with E-state index in [1.165, 1.54) is 70.2 Å². The molecule has 4 heterocycles. The molecule has 4 saturated heterocycles. The van der Waals surface area contributed by atoms with Crippen molar-refractivity contribution in [3.63, 3.8) is 0 Å². The molecule has 8 rings (SSSR count). The van der Waals surface area contributed by atoms with Gasteiger partial charge in [-0.1, -0.05) is 152 Å². The van der Waals surface area contributed by atoms with Crippen LogP contribution in [0, 0.1) is 23.7 Å². The van der Waals surface area contributed by atoms with Crippen LogP contribution in [0.5, 0.6) is 0 Å². The van der Waals surface area contributed by atoms with E-state index in [2.05, 4.69) is 283 Å². The van der Waals surface area contributed by atoms with Gasteiger partial charge < -0.3 is 0 Å². The summed E-state index contributed by atoms with van der Waals surface area (Å²) >= 11 is 0. The van der Waals surface area contributed by atoms with Gasteiger partial charge in [0.1, 0.15) is 24.4 Å². The van der Waals surface area contributed by atoms with Crippen LogP contribution in [0.2, 0.25) is 0 Å². The van der Waals surface area contributed by atoms with Crippen LogP contribution in [0.25, 0.3) is 0 Å². The Balaban J connectivity index is 1.33. The Morgan fingerprint density at radius 2 is 0.400 bits per heavy atom. The molecule has 4 aliphatic heterocycles. The van der Waals surface area contributed by atoms with Crippen LogP contribution in [-0.4, -0.2) is 64.6 Å². The number of hydroxylamine groups is 8. The summed E-state index contributed by atoms with van der Waals surface area (Å²) in [6.07, 6.45) is 13.1. The highest BCUT2D eigenvalue weighted by atomic mass is 16.7. The number of benzene rings is 4. The lowest BCUT2D eigenvalue weighted by molar-refractivity contribution is -0.313. The largest absolute Gasteiger partial charge is 0.290 e. The van der Waals surface area contributed by atoms with E-state index in [4.69, 9.17) is 19.4 Å². The first-order valence-electron chi connectivity index (χ1n) is 33.7. The average molecular weight is 1170 g/mol. The van der Waals surface area contributed by atoms with Gasteiger partial charge in [0.15, 0.2) is 0 Å². The Hall–Kier alpha value is -3.44. The van der Waals surface area contributed by atoms with Crippen molar-refractivity contribution in [1.29, 1.82) is 0 Å². The molecule has 0 amide bonds. The molecule has 0 bridgehead atoms. The summed E-state index contributed by atoms with van der Waals surface area (Å²) in [5, 5.41) is 9.39. The maximum Gasteiger partial charge on any atom is 0.107 e. The van der Waals surface area contributed by atoms with Crippen molar-refractivity contribution in [2.24, 2.45) is 23.7 Å². The lowest BCUT2D eigenvalue weighted by Crippen LogP contribution is -2.58. The van der Waals surface area contributed by atoms with Crippen molar-refractivity contribution in [1.82, 2.24) is 20.3 Å². The lowest BCUT2D eigenvalue weighted by atomic mass is 9.64. The van der Waals surface area contributed by atoms with E-state index in [1.807, 2.05) is 0 Å². The predicted molar refractivity (Wildman–Crippen MR) is 355 cm³/mol. The third-order valence-corrected chi connectivity index (χ3v) is 20.7. The van der Waals surface area contributed by atoms with Crippen molar-refractivity contribution >= 4 is 0 Å². The first kappa shape index (κ1) is 67.5. The third-order valence-electron chi connectivity index (χ3n) is 20.7. The molecule has 0 saturated carbocycles. The van der Waals surface area contributed by atoms with Crippen molar-refractivity contribution in [3.05, 3.63) is 142 Å². The third kappa shape index (κ3) is 14.0. The zero-order valence-corrected chi connectivity index (χ0v) is 58.3. The van der Waals surface area contributed by atoms with Gasteiger partial charge in [0.05, 0.1) is 5.41 Å². The molecule has 4 atom stereocenters. The van der Waals surface area contributed by atoms with E-state index < -0.39 is 5.41 Å². The minimum Gasteiger partial charge on any atom is -0.290 e. The fourth-order valence-corrected chi connectivity index (χ4v) is 16.5. The number of piperidine rings is 4. The molecule has 4 aliphatic rings. The number of rotatable bonds is 20. The number of hydrogen-bond acceptors (Lipinski definition) is 8. The minimum atomic E-state index is -0.764. The highest BCUT2D eigenvalue weighted by Gasteiger charge is 2.49. The maximum absolute atomic E-state index is 7.34. The van der Waals surface area contributed by atoms with E-state index in [0.29, 0.717) is 0 Å². The van der Waals surface area contributed by atoms with Gasteiger partial charge in [0.2, 0.25) is 0 Å². The Kier molecular flexibility index (Phi) is 19.9. The van der Waals surface area contributed by atoms with Crippen molar-refractivity contribution in [3.8, 4) is 0 Å². The van der Waals surface area contributed by atoms with Crippen LogP contribution in [-0.2, 0) is 24.8 Å². The van der Waals surface area contributed by atoms with Crippen LogP contribution >= 0.6 is 0 Å². The molecule has 0 N–H and O–H groups in total. The van der Waals surface area contributed by atoms with E-state index in [0.717, 1.165) is 51.4 Å². The molecular formula is C77H120N4O4. The second-order valence-electron chi connectivity index (χ2n) is 33.4. The molecule has 8 heteroatoms. The minimum absolute atomic E-state index is 0.0894. The summed E-state index contributed by atoms with van der Waals surface area (Å²) in [5.74, 6) is 0.957. The molecule has 8 nitrogen and oxygen atoms in total. The second kappa shape index (κ2) is 25.1.